The Labute approximate surface area is 162 Å². The van der Waals surface area contributed by atoms with Gasteiger partial charge in [0.1, 0.15) is 0 Å². The third-order valence-electron chi connectivity index (χ3n) is 4.19. The zero-order chi connectivity index (χ0) is 20.0. The number of benzene rings is 1. The number of rotatable bonds is 12. The van der Waals surface area contributed by atoms with Crippen LogP contribution in [-0.4, -0.2) is 25.2 Å². The Morgan fingerprint density at radius 3 is 2.52 bits per heavy atom. The van der Waals surface area contributed by atoms with Crippen LogP contribution in [-0.2, 0) is 25.5 Å². The van der Waals surface area contributed by atoms with Crippen LogP contribution >= 0.6 is 0 Å². The van der Waals surface area contributed by atoms with Gasteiger partial charge in [-0.1, -0.05) is 42.5 Å². The molecular weight excluding hydrogens is 342 g/mol. The van der Waals surface area contributed by atoms with E-state index in [2.05, 4.69) is 18.2 Å². The number of carbonyl (C=O) groups excluding carboxylic acids is 2. The highest BCUT2D eigenvalue weighted by Crippen LogP contribution is 2.28. The van der Waals surface area contributed by atoms with Crippen LogP contribution in [0.2, 0.25) is 0 Å². The molecule has 0 fully saturated rings. The summed E-state index contributed by atoms with van der Waals surface area (Å²) in [5, 5.41) is 9.67. The molecule has 0 N–H and O–H groups in total. The highest BCUT2D eigenvalue weighted by atomic mass is 16.5. The molecule has 27 heavy (non-hydrogen) atoms. The first-order chi connectivity index (χ1) is 13.0. The van der Waals surface area contributed by atoms with Crippen molar-refractivity contribution in [2.75, 3.05) is 13.2 Å². The third-order valence-corrected chi connectivity index (χ3v) is 4.19. The van der Waals surface area contributed by atoms with E-state index in [0.29, 0.717) is 25.9 Å². The number of nitriles is 1. The zero-order valence-electron chi connectivity index (χ0n) is 16.3. The minimum Gasteiger partial charge on any atom is -0.466 e. The zero-order valence-corrected chi connectivity index (χ0v) is 16.3. The van der Waals surface area contributed by atoms with Crippen molar-refractivity contribution in [3.8, 4) is 6.07 Å². The van der Waals surface area contributed by atoms with Gasteiger partial charge in [-0.2, -0.15) is 5.26 Å². The van der Waals surface area contributed by atoms with Crippen molar-refractivity contribution < 1.29 is 19.1 Å². The van der Waals surface area contributed by atoms with Gasteiger partial charge in [0.05, 0.1) is 19.3 Å². The molecule has 0 amide bonds. The average molecular weight is 371 g/mol. The minimum atomic E-state index is -1.28. The van der Waals surface area contributed by atoms with Gasteiger partial charge in [0.25, 0.3) is 0 Å². The van der Waals surface area contributed by atoms with E-state index in [0.717, 1.165) is 19.3 Å². The fourth-order valence-corrected chi connectivity index (χ4v) is 2.73. The number of aryl methyl sites for hydroxylation is 1. The van der Waals surface area contributed by atoms with Gasteiger partial charge in [0.2, 0.25) is 0 Å². The van der Waals surface area contributed by atoms with Crippen molar-refractivity contribution in [1.82, 2.24) is 0 Å². The van der Waals surface area contributed by atoms with E-state index in [1.807, 2.05) is 24.3 Å². The second kappa shape index (κ2) is 12.7. The van der Waals surface area contributed by atoms with Gasteiger partial charge in [-0.15, -0.1) is 0 Å². The highest BCUT2D eigenvalue weighted by Gasteiger charge is 2.37. The lowest BCUT2D eigenvalue weighted by atomic mass is 9.83. The molecule has 5 heteroatoms. The Morgan fingerprint density at radius 1 is 1.15 bits per heavy atom. The number of hydrogen-bond acceptors (Lipinski definition) is 5. The molecule has 0 aliphatic heterocycles. The lowest BCUT2D eigenvalue weighted by Crippen LogP contribution is -2.30. The maximum atomic E-state index is 12.4. The summed E-state index contributed by atoms with van der Waals surface area (Å²) < 4.78 is 10.0. The maximum Gasteiger partial charge on any atom is 0.330 e. The number of esters is 2. The summed E-state index contributed by atoms with van der Waals surface area (Å²) >= 11 is 0. The van der Waals surface area contributed by atoms with E-state index in [9.17, 15) is 14.9 Å². The molecule has 0 spiro atoms. The second-order valence-electron chi connectivity index (χ2n) is 6.38. The number of carbonyl (C=O) groups is 2. The van der Waals surface area contributed by atoms with Crippen LogP contribution in [0.4, 0.5) is 0 Å². The molecule has 0 aliphatic rings. The van der Waals surface area contributed by atoms with Crippen LogP contribution in [0.25, 0.3) is 0 Å². The lowest BCUT2D eigenvalue weighted by Gasteiger charge is -2.20. The standard InChI is InChI=1S/C22H29NO4/c1-3-26-21(25)22(18-23,16-10-11-17-27-19(2)24)15-9-5-8-14-20-12-6-4-7-13-20/h4,6-7,9,12-13,15H,3,5,8,10-11,14,16-17H2,1-2H3/b15-9+/t22-/m1/s1. The van der Waals surface area contributed by atoms with Gasteiger partial charge in [-0.3, -0.25) is 4.79 Å². The number of nitrogens with zero attached hydrogens (tertiary/aromatic N) is 1. The van der Waals surface area contributed by atoms with Crippen LogP contribution < -0.4 is 0 Å². The van der Waals surface area contributed by atoms with Crippen molar-refractivity contribution >= 4 is 11.9 Å². The topological polar surface area (TPSA) is 76.4 Å². The van der Waals surface area contributed by atoms with Crippen LogP contribution in [0.1, 0.15) is 51.5 Å². The van der Waals surface area contributed by atoms with Crippen LogP contribution in [0.3, 0.4) is 0 Å². The van der Waals surface area contributed by atoms with E-state index in [4.69, 9.17) is 9.47 Å². The smallest absolute Gasteiger partial charge is 0.330 e. The van der Waals surface area contributed by atoms with E-state index in [-0.39, 0.29) is 12.6 Å². The third kappa shape index (κ3) is 8.54. The molecule has 5 nitrogen and oxygen atoms in total. The molecule has 0 unspecified atom stereocenters. The molecule has 0 aliphatic carbocycles. The first kappa shape index (κ1) is 22.4. The van der Waals surface area contributed by atoms with E-state index in [1.54, 1.807) is 13.0 Å². The fraction of sp³-hybridized carbons (Fsp3) is 0.500. The molecule has 1 rings (SSSR count). The minimum absolute atomic E-state index is 0.234. The van der Waals surface area contributed by atoms with Gasteiger partial charge >= 0.3 is 11.9 Å². The molecular formula is C22H29NO4. The predicted octanol–water partition coefficient (Wildman–Crippen LogP) is 4.37. The van der Waals surface area contributed by atoms with Gasteiger partial charge < -0.3 is 9.47 Å². The molecule has 1 aromatic rings. The van der Waals surface area contributed by atoms with Crippen molar-refractivity contribution in [2.45, 2.75) is 52.4 Å². The summed E-state index contributed by atoms with van der Waals surface area (Å²) in [6.45, 7) is 3.61. The number of hydrogen-bond donors (Lipinski definition) is 0. The van der Waals surface area contributed by atoms with Crippen molar-refractivity contribution in [1.29, 1.82) is 5.26 Å². The summed E-state index contributed by atoms with van der Waals surface area (Å²) in [6, 6.07) is 12.3. The van der Waals surface area contributed by atoms with E-state index < -0.39 is 11.4 Å². The number of unbranched alkanes of at least 4 members (excludes halogenated alkanes) is 2. The highest BCUT2D eigenvalue weighted by molar-refractivity contribution is 5.82. The quantitative estimate of drug-likeness (QED) is 0.310. The number of allylic oxidation sites excluding steroid dienone is 1. The summed E-state index contributed by atoms with van der Waals surface area (Å²) in [5.41, 5.74) is -0.00721. The maximum absolute atomic E-state index is 12.4. The molecule has 0 saturated carbocycles. The van der Waals surface area contributed by atoms with Gasteiger partial charge in [-0.25, -0.2) is 4.79 Å². The molecule has 1 atom stereocenters. The fourth-order valence-electron chi connectivity index (χ4n) is 2.73. The molecule has 0 heterocycles. The van der Waals surface area contributed by atoms with Crippen molar-refractivity contribution in [3.05, 3.63) is 48.0 Å². The molecule has 0 aromatic heterocycles. The van der Waals surface area contributed by atoms with E-state index in [1.165, 1.54) is 12.5 Å². The molecule has 1 aromatic carbocycles. The Kier molecular flexibility index (Phi) is 10.5. The lowest BCUT2D eigenvalue weighted by molar-refractivity contribution is -0.150. The van der Waals surface area contributed by atoms with Gasteiger partial charge in [0.15, 0.2) is 5.41 Å². The first-order valence-electron chi connectivity index (χ1n) is 9.47. The predicted molar refractivity (Wildman–Crippen MR) is 104 cm³/mol. The van der Waals surface area contributed by atoms with Crippen LogP contribution in [0.5, 0.6) is 0 Å². The Balaban J connectivity index is 2.59. The Morgan fingerprint density at radius 2 is 1.89 bits per heavy atom. The average Bonchev–Trinajstić information content (AvgIpc) is 2.66. The van der Waals surface area contributed by atoms with Gasteiger partial charge in [0, 0.05) is 6.92 Å². The summed E-state index contributed by atoms with van der Waals surface area (Å²) in [4.78, 5) is 23.2. The molecule has 0 radical (unpaired) electrons. The second-order valence-corrected chi connectivity index (χ2v) is 6.38. The summed E-state index contributed by atoms with van der Waals surface area (Å²) in [7, 11) is 0. The van der Waals surface area contributed by atoms with Crippen LogP contribution in [0.15, 0.2) is 42.5 Å². The van der Waals surface area contributed by atoms with Crippen molar-refractivity contribution in [3.63, 3.8) is 0 Å². The summed E-state index contributed by atoms with van der Waals surface area (Å²) in [6.07, 6.45) is 7.79. The molecule has 0 bridgehead atoms. The Bertz CT molecular complexity index is 648. The molecule has 146 valence electrons. The van der Waals surface area contributed by atoms with E-state index >= 15 is 0 Å². The summed E-state index contributed by atoms with van der Waals surface area (Å²) in [5.74, 6) is -0.843. The largest absolute Gasteiger partial charge is 0.466 e. The molecule has 0 saturated heterocycles. The van der Waals surface area contributed by atoms with Crippen LogP contribution in [0, 0.1) is 16.7 Å². The SMILES string of the molecule is CCOC(=O)[C@](C#N)(/C=C/CCCc1ccccc1)CCCCOC(C)=O. The number of ether oxygens (including phenoxy) is 2. The Hall–Kier alpha value is -2.61. The normalized spacial score (nSPS) is 12.9. The first-order valence-corrected chi connectivity index (χ1v) is 9.47. The van der Waals surface area contributed by atoms with Gasteiger partial charge in [-0.05, 0) is 51.0 Å². The van der Waals surface area contributed by atoms with Crippen molar-refractivity contribution in [2.24, 2.45) is 5.41 Å². The monoisotopic (exact) mass is 371 g/mol.